The maximum absolute atomic E-state index is 5.73. The molecule has 1 aliphatic rings. The minimum absolute atomic E-state index is 0.177. The smallest absolute Gasteiger partial charge is 0.191 e. The van der Waals surface area contributed by atoms with Crippen LogP contribution < -0.4 is 10.6 Å². The SMILES string of the molecule is CCCCOCCCNC(=NCC1(OC)CCOCC1)NCC. The van der Waals surface area contributed by atoms with Crippen LogP contribution in [0.1, 0.15) is 46.0 Å². The van der Waals surface area contributed by atoms with Crippen LogP contribution in [-0.4, -0.2) is 64.7 Å². The van der Waals surface area contributed by atoms with Gasteiger partial charge in [0.15, 0.2) is 5.96 Å². The lowest BCUT2D eigenvalue weighted by Crippen LogP contribution is -2.44. The topological polar surface area (TPSA) is 64.1 Å². The highest BCUT2D eigenvalue weighted by molar-refractivity contribution is 5.79. The molecular weight excluding hydrogens is 294 g/mol. The molecule has 1 rings (SSSR count). The van der Waals surface area contributed by atoms with E-state index in [0.717, 1.165) is 71.2 Å². The highest BCUT2D eigenvalue weighted by Crippen LogP contribution is 2.24. The van der Waals surface area contributed by atoms with Crippen molar-refractivity contribution in [1.29, 1.82) is 0 Å². The fraction of sp³-hybridized carbons (Fsp3) is 0.941. The van der Waals surface area contributed by atoms with Gasteiger partial charge in [-0.25, -0.2) is 0 Å². The molecule has 6 nitrogen and oxygen atoms in total. The van der Waals surface area contributed by atoms with Crippen LogP contribution >= 0.6 is 0 Å². The minimum Gasteiger partial charge on any atom is -0.381 e. The summed E-state index contributed by atoms with van der Waals surface area (Å²) >= 11 is 0. The molecule has 0 bridgehead atoms. The Morgan fingerprint density at radius 1 is 1.13 bits per heavy atom. The van der Waals surface area contributed by atoms with E-state index < -0.39 is 0 Å². The maximum Gasteiger partial charge on any atom is 0.191 e. The standard InChI is InChI=1S/C17H35N3O3/c1-4-6-11-22-12-7-10-19-16(18-5-2)20-15-17(21-3)8-13-23-14-9-17/h4-15H2,1-3H3,(H2,18,19,20). The van der Waals surface area contributed by atoms with Gasteiger partial charge in [0.05, 0.1) is 12.1 Å². The number of hydrogen-bond donors (Lipinski definition) is 2. The molecule has 6 heteroatoms. The molecule has 1 heterocycles. The largest absolute Gasteiger partial charge is 0.381 e. The average Bonchev–Trinajstić information content (AvgIpc) is 2.59. The van der Waals surface area contributed by atoms with Crippen molar-refractivity contribution < 1.29 is 14.2 Å². The Morgan fingerprint density at radius 2 is 1.87 bits per heavy atom. The highest BCUT2D eigenvalue weighted by Gasteiger charge is 2.32. The van der Waals surface area contributed by atoms with E-state index >= 15 is 0 Å². The first-order valence-corrected chi connectivity index (χ1v) is 8.99. The van der Waals surface area contributed by atoms with E-state index in [1.165, 1.54) is 6.42 Å². The van der Waals surface area contributed by atoms with Crippen LogP contribution in [0.25, 0.3) is 0 Å². The maximum atomic E-state index is 5.73. The molecule has 1 aliphatic heterocycles. The van der Waals surface area contributed by atoms with Gasteiger partial charge in [-0.3, -0.25) is 4.99 Å². The van der Waals surface area contributed by atoms with Crippen molar-refractivity contribution in [3.05, 3.63) is 0 Å². The van der Waals surface area contributed by atoms with E-state index in [9.17, 15) is 0 Å². The molecule has 0 atom stereocenters. The summed E-state index contributed by atoms with van der Waals surface area (Å²) in [6.45, 7) is 9.79. The Labute approximate surface area is 141 Å². The van der Waals surface area contributed by atoms with Crippen molar-refractivity contribution in [2.45, 2.75) is 51.6 Å². The number of aliphatic imine (C=N–C) groups is 1. The predicted molar refractivity (Wildman–Crippen MR) is 94.1 cm³/mol. The molecule has 0 aromatic heterocycles. The summed E-state index contributed by atoms with van der Waals surface area (Å²) in [5.74, 6) is 0.851. The molecule has 0 radical (unpaired) electrons. The van der Waals surface area contributed by atoms with Gasteiger partial charge in [-0.1, -0.05) is 13.3 Å². The molecule has 23 heavy (non-hydrogen) atoms. The van der Waals surface area contributed by atoms with E-state index in [-0.39, 0.29) is 5.60 Å². The molecule has 0 aliphatic carbocycles. The first-order valence-electron chi connectivity index (χ1n) is 8.99. The number of unbranched alkanes of at least 4 members (excludes halogenated alkanes) is 1. The summed E-state index contributed by atoms with van der Waals surface area (Å²) in [5, 5.41) is 6.65. The van der Waals surface area contributed by atoms with Crippen LogP contribution in [0.2, 0.25) is 0 Å². The van der Waals surface area contributed by atoms with Gasteiger partial charge in [-0.2, -0.15) is 0 Å². The Balaban J connectivity index is 2.31. The molecule has 0 saturated carbocycles. The molecule has 0 amide bonds. The van der Waals surface area contributed by atoms with E-state index in [4.69, 9.17) is 19.2 Å². The predicted octanol–water partition coefficient (Wildman–Crippen LogP) is 1.94. The van der Waals surface area contributed by atoms with Gasteiger partial charge >= 0.3 is 0 Å². The third kappa shape index (κ3) is 8.53. The first-order chi connectivity index (χ1) is 11.3. The molecule has 2 N–H and O–H groups in total. The number of nitrogens with one attached hydrogen (secondary N) is 2. The molecule has 0 spiro atoms. The number of ether oxygens (including phenoxy) is 3. The third-order valence-electron chi connectivity index (χ3n) is 4.11. The molecule has 1 saturated heterocycles. The quantitative estimate of drug-likeness (QED) is 0.345. The van der Waals surface area contributed by atoms with Crippen LogP contribution in [0.3, 0.4) is 0 Å². The Hall–Kier alpha value is -0.850. The second-order valence-corrected chi connectivity index (χ2v) is 5.94. The summed E-state index contributed by atoms with van der Waals surface area (Å²) in [6, 6.07) is 0. The van der Waals surface area contributed by atoms with Crippen molar-refractivity contribution >= 4 is 5.96 Å². The third-order valence-corrected chi connectivity index (χ3v) is 4.11. The molecule has 0 unspecified atom stereocenters. The Kier molecular flexibility index (Phi) is 11.0. The van der Waals surface area contributed by atoms with Crippen LogP contribution in [0.4, 0.5) is 0 Å². The van der Waals surface area contributed by atoms with Gasteiger partial charge in [-0.05, 0) is 19.8 Å². The fourth-order valence-electron chi connectivity index (χ4n) is 2.46. The summed E-state index contributed by atoms with van der Waals surface area (Å²) in [6.07, 6.45) is 5.11. The van der Waals surface area contributed by atoms with Gasteiger partial charge in [0.2, 0.25) is 0 Å². The van der Waals surface area contributed by atoms with Gasteiger partial charge in [0, 0.05) is 59.5 Å². The lowest BCUT2D eigenvalue weighted by Gasteiger charge is -2.34. The van der Waals surface area contributed by atoms with E-state index in [1.54, 1.807) is 7.11 Å². The average molecular weight is 329 g/mol. The number of guanidine groups is 1. The van der Waals surface area contributed by atoms with Crippen LogP contribution in [0.5, 0.6) is 0 Å². The van der Waals surface area contributed by atoms with Crippen molar-refractivity contribution in [1.82, 2.24) is 10.6 Å². The summed E-state index contributed by atoms with van der Waals surface area (Å²) in [5.41, 5.74) is -0.177. The number of rotatable bonds is 11. The van der Waals surface area contributed by atoms with Crippen molar-refractivity contribution in [2.75, 3.05) is 53.2 Å². The minimum atomic E-state index is -0.177. The Morgan fingerprint density at radius 3 is 2.52 bits per heavy atom. The lowest BCUT2D eigenvalue weighted by molar-refractivity contribution is -0.0828. The van der Waals surface area contributed by atoms with E-state index in [0.29, 0.717) is 6.54 Å². The second kappa shape index (κ2) is 12.6. The molecule has 0 aromatic carbocycles. The van der Waals surface area contributed by atoms with Gasteiger partial charge in [0.25, 0.3) is 0 Å². The number of methoxy groups -OCH3 is 1. The normalized spacial score (nSPS) is 18.0. The highest BCUT2D eigenvalue weighted by atomic mass is 16.5. The van der Waals surface area contributed by atoms with Crippen LogP contribution in [-0.2, 0) is 14.2 Å². The molecule has 136 valence electrons. The monoisotopic (exact) mass is 329 g/mol. The zero-order valence-electron chi connectivity index (χ0n) is 15.2. The van der Waals surface area contributed by atoms with Crippen LogP contribution in [0, 0.1) is 0 Å². The lowest BCUT2D eigenvalue weighted by atomic mass is 9.94. The van der Waals surface area contributed by atoms with Crippen molar-refractivity contribution in [3.8, 4) is 0 Å². The summed E-state index contributed by atoms with van der Waals surface area (Å²) in [7, 11) is 1.77. The van der Waals surface area contributed by atoms with E-state index in [2.05, 4.69) is 24.5 Å². The zero-order chi connectivity index (χ0) is 16.8. The fourth-order valence-corrected chi connectivity index (χ4v) is 2.46. The van der Waals surface area contributed by atoms with Gasteiger partial charge < -0.3 is 24.8 Å². The van der Waals surface area contributed by atoms with Gasteiger partial charge in [0.1, 0.15) is 0 Å². The molecule has 1 fully saturated rings. The van der Waals surface area contributed by atoms with Crippen molar-refractivity contribution in [3.63, 3.8) is 0 Å². The van der Waals surface area contributed by atoms with Gasteiger partial charge in [-0.15, -0.1) is 0 Å². The van der Waals surface area contributed by atoms with E-state index in [1.807, 2.05) is 0 Å². The number of hydrogen-bond acceptors (Lipinski definition) is 4. The second-order valence-electron chi connectivity index (χ2n) is 5.94. The summed E-state index contributed by atoms with van der Waals surface area (Å²) < 4.78 is 16.7. The van der Waals surface area contributed by atoms with Crippen LogP contribution in [0.15, 0.2) is 4.99 Å². The Bertz CT molecular complexity index is 318. The number of nitrogens with zero attached hydrogens (tertiary/aromatic N) is 1. The summed E-state index contributed by atoms with van der Waals surface area (Å²) in [4.78, 5) is 4.70. The molecule has 0 aromatic rings. The van der Waals surface area contributed by atoms with Crippen molar-refractivity contribution in [2.24, 2.45) is 4.99 Å². The first kappa shape index (κ1) is 20.2. The molecular formula is C17H35N3O3. The zero-order valence-corrected chi connectivity index (χ0v) is 15.2.